The van der Waals surface area contributed by atoms with Crippen LogP contribution in [0.2, 0.25) is 5.02 Å². The Morgan fingerprint density at radius 3 is 2.62 bits per heavy atom. The molecule has 2 aliphatic rings. The summed E-state index contributed by atoms with van der Waals surface area (Å²) in [5.41, 5.74) is 2.97. The Balaban J connectivity index is 1.26. The van der Waals surface area contributed by atoms with Gasteiger partial charge in [-0.15, -0.1) is 0 Å². The largest absolute Gasteiger partial charge is 0.296 e. The van der Waals surface area contributed by atoms with E-state index in [-0.39, 0.29) is 23.5 Å². The van der Waals surface area contributed by atoms with Crippen LogP contribution in [0.5, 0.6) is 0 Å². The lowest BCUT2D eigenvalue weighted by Gasteiger charge is -2.35. The number of fused-ring (bicyclic) bond motifs is 1. The first kappa shape index (κ1) is 19.0. The van der Waals surface area contributed by atoms with Gasteiger partial charge in [-0.2, -0.15) is 13.5 Å². The van der Waals surface area contributed by atoms with Gasteiger partial charge in [-0.25, -0.2) is 9.67 Å². The highest BCUT2D eigenvalue weighted by atomic mass is 35.5. The third kappa shape index (κ3) is 3.67. The molecule has 2 fully saturated rings. The first-order valence-corrected chi connectivity index (χ1v) is 11.7. The van der Waals surface area contributed by atoms with Gasteiger partial charge in [0.25, 0.3) is 10.1 Å². The summed E-state index contributed by atoms with van der Waals surface area (Å²) in [5.74, 6) is 0.703. The lowest BCUT2D eigenvalue weighted by Crippen LogP contribution is -2.31. The molecule has 2 aliphatic carbocycles. The molecule has 2 aromatic heterocycles. The summed E-state index contributed by atoms with van der Waals surface area (Å²) in [5, 5.41) is 6.52. The van der Waals surface area contributed by atoms with Crippen molar-refractivity contribution < 1.29 is 12.6 Å². The monoisotopic (exact) mass is 431 g/mol. The highest BCUT2D eigenvalue weighted by Crippen LogP contribution is 2.45. The van der Waals surface area contributed by atoms with E-state index in [1.165, 1.54) is 0 Å². The van der Waals surface area contributed by atoms with E-state index in [1.807, 2.05) is 17.7 Å². The van der Waals surface area contributed by atoms with Crippen LogP contribution in [0.4, 0.5) is 0 Å². The van der Waals surface area contributed by atoms with Gasteiger partial charge in [0.1, 0.15) is 0 Å². The summed E-state index contributed by atoms with van der Waals surface area (Å²) < 4.78 is 32.1. The summed E-state index contributed by atoms with van der Waals surface area (Å²) in [7, 11) is -3.72. The van der Waals surface area contributed by atoms with Gasteiger partial charge in [-0.1, -0.05) is 29.3 Å². The number of halogens is 1. The molecule has 152 valence electrons. The van der Waals surface area contributed by atoms with E-state index in [2.05, 4.69) is 4.98 Å². The maximum atomic E-state index is 12.4. The first-order chi connectivity index (χ1) is 13.9. The third-order valence-corrected chi connectivity index (χ3v) is 7.33. The smallest absolute Gasteiger partial charge is 0.266 e. The summed E-state index contributed by atoms with van der Waals surface area (Å²) in [6.45, 7) is 2.11. The van der Waals surface area contributed by atoms with Gasteiger partial charge in [-0.05, 0) is 56.7 Å². The van der Waals surface area contributed by atoms with Crippen LogP contribution in [0.3, 0.4) is 0 Å². The Bertz CT molecular complexity index is 1160. The fraction of sp³-hybridized carbons (Fsp3) is 0.429. The van der Waals surface area contributed by atoms with Gasteiger partial charge >= 0.3 is 0 Å². The number of aryl methyl sites for hydroxylation is 1. The minimum absolute atomic E-state index is 0.191. The van der Waals surface area contributed by atoms with Crippen LogP contribution in [0.15, 0.2) is 41.4 Å². The van der Waals surface area contributed by atoms with Gasteiger partial charge < -0.3 is 0 Å². The summed E-state index contributed by atoms with van der Waals surface area (Å²) in [6, 6.07) is 8.88. The number of hydrogen-bond acceptors (Lipinski definition) is 5. The number of aromatic nitrogens is 3. The van der Waals surface area contributed by atoms with Gasteiger partial charge in [0.2, 0.25) is 0 Å². The molecule has 2 saturated carbocycles. The molecule has 5 rings (SSSR count). The summed E-state index contributed by atoms with van der Waals surface area (Å²) in [6.07, 6.45) is 5.64. The number of rotatable bonds is 6. The van der Waals surface area contributed by atoms with Crippen molar-refractivity contribution >= 4 is 32.8 Å². The zero-order chi connectivity index (χ0) is 20.2. The second-order valence-electron chi connectivity index (χ2n) is 8.17. The standard InChI is InChI=1S/C21H22ClN3O3S/c1-13-2-6-18(7-3-13)29(26,27)28-12-14-8-17(9-14)25-21-19(10-16(22)11-23-21)20(24-25)15-4-5-15/h2-3,6-7,10-11,14-15,17H,4-5,8-9,12H2,1H3. The average Bonchev–Trinajstić information content (AvgIpc) is 3.43. The molecular weight excluding hydrogens is 410 g/mol. The normalized spacial score (nSPS) is 22.0. The van der Waals surface area contributed by atoms with Crippen LogP contribution in [0.25, 0.3) is 11.0 Å². The van der Waals surface area contributed by atoms with Gasteiger partial charge in [0.15, 0.2) is 5.65 Å². The fourth-order valence-corrected chi connectivity index (χ4v) is 5.06. The van der Waals surface area contributed by atoms with Crippen LogP contribution in [0, 0.1) is 12.8 Å². The molecule has 1 aromatic carbocycles. The number of pyridine rings is 1. The third-order valence-electron chi connectivity index (χ3n) is 5.83. The summed E-state index contributed by atoms with van der Waals surface area (Å²) in [4.78, 5) is 4.71. The molecule has 3 aromatic rings. The predicted octanol–water partition coefficient (Wildman–Crippen LogP) is 4.63. The molecule has 0 saturated heterocycles. The second-order valence-corrected chi connectivity index (χ2v) is 10.2. The zero-order valence-corrected chi connectivity index (χ0v) is 17.7. The Morgan fingerprint density at radius 1 is 1.21 bits per heavy atom. The molecule has 0 N–H and O–H groups in total. The predicted molar refractivity (Wildman–Crippen MR) is 111 cm³/mol. The minimum Gasteiger partial charge on any atom is -0.266 e. The molecule has 6 nitrogen and oxygen atoms in total. The summed E-state index contributed by atoms with van der Waals surface area (Å²) >= 11 is 6.15. The number of hydrogen-bond donors (Lipinski definition) is 0. The van der Waals surface area contributed by atoms with Crippen molar-refractivity contribution in [3.63, 3.8) is 0 Å². The molecular formula is C21H22ClN3O3S. The second kappa shape index (κ2) is 7.07. The van der Waals surface area contributed by atoms with Crippen molar-refractivity contribution in [1.82, 2.24) is 14.8 Å². The molecule has 0 atom stereocenters. The first-order valence-electron chi connectivity index (χ1n) is 9.90. The van der Waals surface area contributed by atoms with Gasteiger partial charge in [0.05, 0.1) is 28.3 Å². The van der Waals surface area contributed by atoms with Crippen LogP contribution in [-0.2, 0) is 14.3 Å². The maximum Gasteiger partial charge on any atom is 0.296 e. The van der Waals surface area contributed by atoms with E-state index < -0.39 is 10.1 Å². The molecule has 29 heavy (non-hydrogen) atoms. The quantitative estimate of drug-likeness (QED) is 0.532. The fourth-order valence-electron chi connectivity index (χ4n) is 3.93. The molecule has 0 amide bonds. The Hall–Kier alpha value is -1.96. The number of benzene rings is 1. The number of nitrogens with zero attached hydrogens (tertiary/aromatic N) is 3. The average molecular weight is 432 g/mol. The van der Waals surface area contributed by atoms with Crippen molar-refractivity contribution in [2.75, 3.05) is 6.61 Å². The highest BCUT2D eigenvalue weighted by Gasteiger charge is 2.36. The van der Waals surface area contributed by atoms with E-state index in [9.17, 15) is 8.42 Å². The molecule has 0 unspecified atom stereocenters. The van der Waals surface area contributed by atoms with Crippen LogP contribution < -0.4 is 0 Å². The van der Waals surface area contributed by atoms with Crippen LogP contribution >= 0.6 is 11.6 Å². The minimum atomic E-state index is -3.72. The Labute approximate surface area is 175 Å². The van der Waals surface area contributed by atoms with E-state index in [0.717, 1.165) is 48.0 Å². The van der Waals surface area contributed by atoms with E-state index in [1.54, 1.807) is 30.5 Å². The van der Waals surface area contributed by atoms with Crippen molar-refractivity contribution in [2.24, 2.45) is 5.92 Å². The SMILES string of the molecule is Cc1ccc(S(=O)(=O)OCC2CC(n3nc(C4CC4)c4cc(Cl)cnc43)C2)cc1. The van der Waals surface area contributed by atoms with Crippen molar-refractivity contribution in [3.05, 3.63) is 52.8 Å². The van der Waals surface area contributed by atoms with Crippen LogP contribution in [0.1, 0.15) is 48.9 Å². The van der Waals surface area contributed by atoms with Crippen molar-refractivity contribution in [1.29, 1.82) is 0 Å². The molecule has 0 spiro atoms. The molecule has 0 radical (unpaired) electrons. The van der Waals surface area contributed by atoms with E-state index in [4.69, 9.17) is 20.9 Å². The van der Waals surface area contributed by atoms with E-state index in [0.29, 0.717) is 10.9 Å². The topological polar surface area (TPSA) is 74.1 Å². The Kier molecular flexibility index (Phi) is 4.64. The zero-order valence-electron chi connectivity index (χ0n) is 16.1. The van der Waals surface area contributed by atoms with E-state index >= 15 is 0 Å². The van der Waals surface area contributed by atoms with Crippen LogP contribution in [-0.4, -0.2) is 29.8 Å². The van der Waals surface area contributed by atoms with Crippen molar-refractivity contribution in [3.8, 4) is 0 Å². The lowest BCUT2D eigenvalue weighted by molar-refractivity contribution is 0.123. The molecule has 8 heteroatoms. The Morgan fingerprint density at radius 2 is 1.93 bits per heavy atom. The highest BCUT2D eigenvalue weighted by molar-refractivity contribution is 7.86. The molecule has 0 bridgehead atoms. The maximum absolute atomic E-state index is 12.4. The lowest BCUT2D eigenvalue weighted by atomic mass is 9.81. The van der Waals surface area contributed by atoms with Gasteiger partial charge in [0, 0.05) is 17.5 Å². The molecule has 2 heterocycles. The van der Waals surface area contributed by atoms with Crippen molar-refractivity contribution in [2.45, 2.75) is 49.5 Å². The molecule has 0 aliphatic heterocycles. The van der Waals surface area contributed by atoms with Gasteiger partial charge in [-0.3, -0.25) is 4.18 Å².